The van der Waals surface area contributed by atoms with Crippen molar-refractivity contribution in [1.29, 1.82) is 0 Å². The molecule has 0 bridgehead atoms. The molecule has 160 valence electrons. The van der Waals surface area contributed by atoms with Gasteiger partial charge in [-0.15, -0.1) is 0 Å². The molecule has 1 aliphatic rings. The molecule has 0 radical (unpaired) electrons. The number of esters is 1. The first-order valence-electron chi connectivity index (χ1n) is 10.3. The number of amides is 2. The van der Waals surface area contributed by atoms with Crippen molar-refractivity contribution in [2.75, 3.05) is 6.54 Å². The Morgan fingerprint density at radius 2 is 1.47 bits per heavy atom. The summed E-state index contributed by atoms with van der Waals surface area (Å²) in [5, 5.41) is 0. The monoisotopic (exact) mass is 427 g/mol. The number of hydrogen-bond acceptors (Lipinski definition) is 5. The number of ether oxygens (including phenoxy) is 1. The van der Waals surface area contributed by atoms with Crippen LogP contribution in [0.1, 0.15) is 54.7 Å². The van der Waals surface area contributed by atoms with E-state index in [0.29, 0.717) is 22.3 Å². The number of benzene rings is 3. The smallest absolute Gasteiger partial charge is 0.308 e. The van der Waals surface area contributed by atoms with Crippen LogP contribution in [-0.2, 0) is 9.53 Å². The van der Waals surface area contributed by atoms with E-state index in [1.54, 1.807) is 78.9 Å². The summed E-state index contributed by atoms with van der Waals surface area (Å²) in [7, 11) is 0. The number of nitrogens with zero attached hydrogens (tertiary/aromatic N) is 1. The normalized spacial score (nSPS) is 13.6. The van der Waals surface area contributed by atoms with Crippen LogP contribution in [0.5, 0.6) is 0 Å². The van der Waals surface area contributed by atoms with E-state index in [-0.39, 0.29) is 18.7 Å². The highest BCUT2D eigenvalue weighted by Gasteiger charge is 2.36. The van der Waals surface area contributed by atoms with Crippen LogP contribution in [0.3, 0.4) is 0 Å². The lowest BCUT2D eigenvalue weighted by Gasteiger charge is -2.19. The van der Waals surface area contributed by atoms with Crippen LogP contribution in [-0.4, -0.2) is 35.0 Å². The molecule has 6 nitrogen and oxygen atoms in total. The number of ketones is 1. The standard InChI is InChI=1S/C26H21NO5/c1-17-12-13-20-21(16-17)26(31)27(25(20)30)15-14-22(28)32-24(19-10-6-3-7-11-19)23(29)18-8-4-2-5-9-18/h2-13,16,24H,14-15H2,1H3. The molecule has 6 heteroatoms. The van der Waals surface area contributed by atoms with E-state index in [2.05, 4.69) is 0 Å². The second kappa shape index (κ2) is 8.98. The molecule has 2 amide bonds. The molecule has 4 rings (SSSR count). The summed E-state index contributed by atoms with van der Waals surface area (Å²) in [4.78, 5) is 51.9. The number of imide groups is 1. The molecule has 0 aliphatic carbocycles. The van der Waals surface area contributed by atoms with Crippen molar-refractivity contribution >= 4 is 23.6 Å². The molecule has 0 saturated heterocycles. The zero-order chi connectivity index (χ0) is 22.7. The first kappa shape index (κ1) is 21.2. The fourth-order valence-electron chi connectivity index (χ4n) is 3.66. The Balaban J connectivity index is 1.47. The van der Waals surface area contributed by atoms with Gasteiger partial charge in [-0.2, -0.15) is 0 Å². The molecular formula is C26H21NO5. The lowest BCUT2D eigenvalue weighted by molar-refractivity contribution is -0.147. The summed E-state index contributed by atoms with van der Waals surface area (Å²) in [6.45, 7) is 1.72. The topological polar surface area (TPSA) is 80.8 Å². The Labute approximate surface area is 185 Å². The van der Waals surface area contributed by atoms with Crippen molar-refractivity contribution in [3.8, 4) is 0 Å². The fraction of sp³-hybridized carbons (Fsp3) is 0.154. The average molecular weight is 427 g/mol. The van der Waals surface area contributed by atoms with Crippen LogP contribution in [0.2, 0.25) is 0 Å². The first-order valence-corrected chi connectivity index (χ1v) is 10.3. The minimum absolute atomic E-state index is 0.120. The van der Waals surface area contributed by atoms with Gasteiger partial charge in [-0.1, -0.05) is 72.3 Å². The van der Waals surface area contributed by atoms with Gasteiger partial charge in [-0.3, -0.25) is 24.1 Å². The van der Waals surface area contributed by atoms with Gasteiger partial charge in [0.1, 0.15) is 0 Å². The Bertz CT molecular complexity index is 1190. The molecule has 3 aromatic rings. The minimum Gasteiger partial charge on any atom is -0.449 e. The summed E-state index contributed by atoms with van der Waals surface area (Å²) in [5.74, 6) is -1.88. The van der Waals surface area contributed by atoms with E-state index in [1.165, 1.54) is 0 Å². The molecule has 1 unspecified atom stereocenters. The molecule has 1 aliphatic heterocycles. The van der Waals surface area contributed by atoms with Gasteiger partial charge < -0.3 is 4.74 Å². The first-order chi connectivity index (χ1) is 15.5. The molecule has 0 aromatic heterocycles. The van der Waals surface area contributed by atoms with Crippen molar-refractivity contribution in [2.45, 2.75) is 19.4 Å². The maximum absolute atomic E-state index is 13.0. The molecule has 0 N–H and O–H groups in total. The fourth-order valence-corrected chi connectivity index (χ4v) is 3.66. The van der Waals surface area contributed by atoms with E-state index >= 15 is 0 Å². The van der Waals surface area contributed by atoms with Crippen LogP contribution in [0.25, 0.3) is 0 Å². The van der Waals surface area contributed by atoms with E-state index in [1.807, 2.05) is 6.92 Å². The van der Waals surface area contributed by atoms with Gasteiger partial charge in [0, 0.05) is 17.7 Å². The van der Waals surface area contributed by atoms with E-state index < -0.39 is 23.9 Å². The van der Waals surface area contributed by atoms with Crippen LogP contribution >= 0.6 is 0 Å². The number of carbonyl (C=O) groups is 4. The van der Waals surface area contributed by atoms with Crippen molar-refractivity contribution in [1.82, 2.24) is 4.90 Å². The van der Waals surface area contributed by atoms with Crippen LogP contribution in [0.15, 0.2) is 78.9 Å². The molecular weight excluding hydrogens is 406 g/mol. The molecule has 1 atom stereocenters. The number of hydrogen-bond donors (Lipinski definition) is 0. The highest BCUT2D eigenvalue weighted by molar-refractivity contribution is 6.21. The van der Waals surface area contributed by atoms with Gasteiger partial charge in [0.15, 0.2) is 6.10 Å². The van der Waals surface area contributed by atoms with E-state index in [9.17, 15) is 19.2 Å². The average Bonchev–Trinajstić information content (AvgIpc) is 3.05. The third-order valence-electron chi connectivity index (χ3n) is 5.31. The highest BCUT2D eigenvalue weighted by atomic mass is 16.5. The van der Waals surface area contributed by atoms with Crippen LogP contribution in [0.4, 0.5) is 0 Å². The molecule has 1 heterocycles. The SMILES string of the molecule is Cc1ccc2c(c1)C(=O)N(CCC(=O)OC(C(=O)c1ccccc1)c1ccccc1)C2=O. The number of Topliss-reactive ketones (excluding diaryl/α,β-unsaturated/α-hetero) is 1. The van der Waals surface area contributed by atoms with Gasteiger partial charge in [0.05, 0.1) is 17.5 Å². The van der Waals surface area contributed by atoms with Gasteiger partial charge in [0.25, 0.3) is 11.8 Å². The third kappa shape index (κ3) is 4.21. The molecule has 3 aromatic carbocycles. The predicted octanol–water partition coefficient (Wildman–Crippen LogP) is 4.15. The molecule has 0 fully saturated rings. The Morgan fingerprint density at radius 3 is 2.16 bits per heavy atom. The zero-order valence-corrected chi connectivity index (χ0v) is 17.5. The molecule has 32 heavy (non-hydrogen) atoms. The minimum atomic E-state index is -1.11. The largest absolute Gasteiger partial charge is 0.449 e. The zero-order valence-electron chi connectivity index (χ0n) is 17.5. The van der Waals surface area contributed by atoms with Crippen molar-refractivity contribution in [3.63, 3.8) is 0 Å². The van der Waals surface area contributed by atoms with E-state index in [0.717, 1.165) is 10.5 Å². The summed E-state index contributed by atoms with van der Waals surface area (Å²) >= 11 is 0. The predicted molar refractivity (Wildman–Crippen MR) is 117 cm³/mol. The second-order valence-electron chi connectivity index (χ2n) is 7.57. The van der Waals surface area contributed by atoms with Crippen LogP contribution in [0, 0.1) is 6.92 Å². The lowest BCUT2D eigenvalue weighted by atomic mass is 10.00. The number of rotatable bonds is 7. The summed E-state index contributed by atoms with van der Waals surface area (Å²) in [5.41, 5.74) is 2.51. The second-order valence-corrected chi connectivity index (χ2v) is 7.57. The Morgan fingerprint density at radius 1 is 0.844 bits per heavy atom. The van der Waals surface area contributed by atoms with E-state index in [4.69, 9.17) is 4.74 Å². The summed E-state index contributed by atoms with van der Waals surface area (Å²) in [6.07, 6.45) is -1.33. The van der Waals surface area contributed by atoms with Crippen molar-refractivity contribution < 1.29 is 23.9 Å². The number of aryl methyl sites for hydroxylation is 1. The molecule has 0 saturated carbocycles. The van der Waals surface area contributed by atoms with Crippen molar-refractivity contribution in [2.24, 2.45) is 0 Å². The van der Waals surface area contributed by atoms with Gasteiger partial charge >= 0.3 is 5.97 Å². The van der Waals surface area contributed by atoms with Crippen LogP contribution < -0.4 is 0 Å². The van der Waals surface area contributed by atoms with Gasteiger partial charge in [-0.05, 0) is 19.1 Å². The van der Waals surface area contributed by atoms with Gasteiger partial charge in [-0.25, -0.2) is 0 Å². The summed E-state index contributed by atoms with van der Waals surface area (Å²) < 4.78 is 5.54. The summed E-state index contributed by atoms with van der Waals surface area (Å²) in [6, 6.07) is 22.4. The number of fused-ring (bicyclic) bond motifs is 1. The third-order valence-corrected chi connectivity index (χ3v) is 5.31. The van der Waals surface area contributed by atoms with Gasteiger partial charge in [0.2, 0.25) is 5.78 Å². The quantitative estimate of drug-likeness (QED) is 0.321. The maximum Gasteiger partial charge on any atom is 0.308 e. The Kier molecular flexibility index (Phi) is 5.94. The number of carbonyl (C=O) groups excluding carboxylic acids is 4. The highest BCUT2D eigenvalue weighted by Crippen LogP contribution is 2.26. The lowest BCUT2D eigenvalue weighted by Crippen LogP contribution is -2.32. The maximum atomic E-state index is 13.0. The Hall–Kier alpha value is -4.06. The van der Waals surface area contributed by atoms with Crippen molar-refractivity contribution in [3.05, 3.63) is 107 Å². The molecule has 0 spiro atoms.